The van der Waals surface area contributed by atoms with Crippen molar-refractivity contribution in [3.63, 3.8) is 0 Å². The predicted molar refractivity (Wildman–Crippen MR) is 91.8 cm³/mol. The number of aryl methyl sites for hydroxylation is 1. The number of rotatable bonds is 7. The Morgan fingerprint density at radius 1 is 1.26 bits per heavy atom. The Hall–Kier alpha value is -1.66. The molecule has 1 unspecified atom stereocenters. The van der Waals surface area contributed by atoms with E-state index in [1.165, 1.54) is 11.8 Å². The molecule has 0 bridgehead atoms. The quantitative estimate of drug-likeness (QED) is 0.817. The average Bonchev–Trinajstić information content (AvgIpc) is 2.97. The minimum Gasteiger partial charge on any atom is -0.332 e. The third-order valence-electron chi connectivity index (χ3n) is 3.96. The third kappa shape index (κ3) is 4.42. The predicted octanol–water partition coefficient (Wildman–Crippen LogP) is 3.01. The molecule has 1 aromatic carbocycles. The van der Waals surface area contributed by atoms with Gasteiger partial charge in [-0.2, -0.15) is 0 Å². The molecular weight excluding hydrogens is 310 g/mol. The number of sulfonamides is 1. The largest absolute Gasteiger partial charge is 0.332 e. The molecule has 0 radical (unpaired) electrons. The SMILES string of the molecule is CCc1ncc(S(=O)(=O)NC(C)CC(C)(C)c2ccccc2)[nH]1. The van der Waals surface area contributed by atoms with E-state index in [0.717, 1.165) is 0 Å². The lowest BCUT2D eigenvalue weighted by Gasteiger charge is -2.29. The van der Waals surface area contributed by atoms with E-state index < -0.39 is 10.0 Å². The van der Waals surface area contributed by atoms with Crippen LogP contribution in [0.4, 0.5) is 0 Å². The van der Waals surface area contributed by atoms with E-state index in [0.29, 0.717) is 18.7 Å². The second-order valence-corrected chi connectivity index (χ2v) is 8.21. The van der Waals surface area contributed by atoms with Gasteiger partial charge in [0.2, 0.25) is 0 Å². The van der Waals surface area contributed by atoms with Crippen molar-refractivity contribution in [2.45, 2.75) is 57.0 Å². The molecule has 0 saturated carbocycles. The molecule has 0 saturated heterocycles. The van der Waals surface area contributed by atoms with Gasteiger partial charge in [-0.3, -0.25) is 0 Å². The molecule has 1 heterocycles. The van der Waals surface area contributed by atoms with E-state index in [2.05, 4.69) is 40.7 Å². The van der Waals surface area contributed by atoms with E-state index in [9.17, 15) is 8.42 Å². The smallest absolute Gasteiger partial charge is 0.257 e. The zero-order valence-electron chi connectivity index (χ0n) is 14.1. The highest BCUT2D eigenvalue weighted by atomic mass is 32.2. The van der Waals surface area contributed by atoms with Crippen molar-refractivity contribution in [2.24, 2.45) is 0 Å². The van der Waals surface area contributed by atoms with Gasteiger partial charge in [-0.1, -0.05) is 51.1 Å². The summed E-state index contributed by atoms with van der Waals surface area (Å²) in [5.41, 5.74) is 1.08. The number of aromatic amines is 1. The maximum Gasteiger partial charge on any atom is 0.257 e. The summed E-state index contributed by atoms with van der Waals surface area (Å²) < 4.78 is 27.6. The molecule has 2 aromatic rings. The molecule has 2 N–H and O–H groups in total. The zero-order valence-corrected chi connectivity index (χ0v) is 14.9. The summed E-state index contributed by atoms with van der Waals surface area (Å²) in [5.74, 6) is 0.669. The minimum atomic E-state index is -3.57. The highest BCUT2D eigenvalue weighted by Crippen LogP contribution is 2.28. The van der Waals surface area contributed by atoms with Crippen LogP contribution in [0.15, 0.2) is 41.6 Å². The third-order valence-corrected chi connectivity index (χ3v) is 5.46. The van der Waals surface area contributed by atoms with Crippen molar-refractivity contribution in [3.8, 4) is 0 Å². The molecule has 126 valence electrons. The van der Waals surface area contributed by atoms with Gasteiger partial charge in [-0.05, 0) is 24.3 Å². The molecule has 23 heavy (non-hydrogen) atoms. The minimum absolute atomic E-state index is 0.119. The van der Waals surface area contributed by atoms with Crippen molar-refractivity contribution in [1.29, 1.82) is 0 Å². The first kappa shape index (κ1) is 17.7. The summed E-state index contributed by atoms with van der Waals surface area (Å²) in [6.45, 7) is 8.06. The van der Waals surface area contributed by atoms with Crippen LogP contribution in [0.2, 0.25) is 0 Å². The molecule has 1 aromatic heterocycles. The van der Waals surface area contributed by atoms with Crippen molar-refractivity contribution in [3.05, 3.63) is 47.9 Å². The Labute approximate surface area is 138 Å². The van der Waals surface area contributed by atoms with Crippen molar-refractivity contribution in [1.82, 2.24) is 14.7 Å². The van der Waals surface area contributed by atoms with E-state index in [1.807, 2.05) is 32.0 Å². The van der Waals surface area contributed by atoms with Gasteiger partial charge < -0.3 is 4.98 Å². The first-order chi connectivity index (χ1) is 10.7. The van der Waals surface area contributed by atoms with Gasteiger partial charge in [-0.25, -0.2) is 18.1 Å². The highest BCUT2D eigenvalue weighted by Gasteiger charge is 2.26. The Bertz CT molecular complexity index is 736. The van der Waals surface area contributed by atoms with Crippen molar-refractivity contribution < 1.29 is 8.42 Å². The Morgan fingerprint density at radius 2 is 1.91 bits per heavy atom. The van der Waals surface area contributed by atoms with E-state index in [-0.39, 0.29) is 16.5 Å². The van der Waals surface area contributed by atoms with Crippen molar-refractivity contribution >= 4 is 10.0 Å². The molecule has 6 heteroatoms. The maximum atomic E-state index is 12.4. The Kier molecular flexibility index (Phi) is 5.26. The zero-order chi connectivity index (χ0) is 17.1. The molecule has 0 fully saturated rings. The first-order valence-corrected chi connectivity index (χ1v) is 9.34. The van der Waals surface area contributed by atoms with Gasteiger partial charge in [0.15, 0.2) is 5.03 Å². The lowest BCUT2D eigenvalue weighted by atomic mass is 9.79. The fraction of sp³-hybridized carbons (Fsp3) is 0.471. The lowest BCUT2D eigenvalue weighted by Crippen LogP contribution is -2.37. The van der Waals surface area contributed by atoms with Gasteiger partial charge in [0.25, 0.3) is 10.0 Å². The van der Waals surface area contributed by atoms with E-state index >= 15 is 0 Å². The van der Waals surface area contributed by atoms with E-state index in [1.54, 1.807) is 0 Å². The number of benzene rings is 1. The first-order valence-electron chi connectivity index (χ1n) is 7.86. The van der Waals surface area contributed by atoms with Crippen LogP contribution in [0.25, 0.3) is 0 Å². The van der Waals surface area contributed by atoms with Crippen LogP contribution in [-0.4, -0.2) is 24.4 Å². The number of hydrogen-bond acceptors (Lipinski definition) is 3. The van der Waals surface area contributed by atoms with Crippen LogP contribution >= 0.6 is 0 Å². The molecule has 0 aliphatic carbocycles. The summed E-state index contributed by atoms with van der Waals surface area (Å²) in [6, 6.07) is 9.94. The fourth-order valence-electron chi connectivity index (χ4n) is 2.80. The molecule has 0 spiro atoms. The Morgan fingerprint density at radius 3 is 2.48 bits per heavy atom. The highest BCUT2D eigenvalue weighted by molar-refractivity contribution is 7.89. The van der Waals surface area contributed by atoms with Crippen LogP contribution < -0.4 is 4.72 Å². The number of nitrogens with zero attached hydrogens (tertiary/aromatic N) is 1. The van der Waals surface area contributed by atoms with Crippen molar-refractivity contribution in [2.75, 3.05) is 0 Å². The number of imidazole rings is 1. The van der Waals surface area contributed by atoms with Crippen LogP contribution in [-0.2, 0) is 21.9 Å². The molecule has 5 nitrogen and oxygen atoms in total. The molecule has 1 atom stereocenters. The second-order valence-electron chi connectivity index (χ2n) is 6.52. The van der Waals surface area contributed by atoms with Gasteiger partial charge >= 0.3 is 0 Å². The van der Waals surface area contributed by atoms with Crippen LogP contribution in [0, 0.1) is 0 Å². The summed E-state index contributed by atoms with van der Waals surface area (Å²) in [6.07, 6.45) is 2.74. The maximum absolute atomic E-state index is 12.4. The molecule has 2 rings (SSSR count). The molecule has 0 aliphatic rings. The van der Waals surface area contributed by atoms with Gasteiger partial charge in [0.05, 0.1) is 6.20 Å². The summed E-state index contributed by atoms with van der Waals surface area (Å²) in [5, 5.41) is 0.124. The fourth-order valence-corrected chi connectivity index (χ4v) is 3.99. The standard InChI is InChI=1S/C17H25N3O2S/c1-5-15-18-12-16(19-15)23(21,22)20-13(2)11-17(3,4)14-9-7-6-8-10-14/h6-10,12-13,20H,5,11H2,1-4H3,(H,18,19). The van der Waals surface area contributed by atoms with Gasteiger partial charge in [0, 0.05) is 12.5 Å². The molecular formula is C17H25N3O2S. The molecule has 0 aliphatic heterocycles. The van der Waals surface area contributed by atoms with Crippen LogP contribution in [0.3, 0.4) is 0 Å². The lowest BCUT2D eigenvalue weighted by molar-refractivity contribution is 0.417. The summed E-state index contributed by atoms with van der Waals surface area (Å²) >= 11 is 0. The van der Waals surface area contributed by atoms with E-state index in [4.69, 9.17) is 0 Å². The normalized spacial score (nSPS) is 13.9. The van der Waals surface area contributed by atoms with Crippen LogP contribution in [0.5, 0.6) is 0 Å². The number of H-pyrrole nitrogens is 1. The average molecular weight is 335 g/mol. The number of nitrogens with one attached hydrogen (secondary N) is 2. The monoisotopic (exact) mass is 335 g/mol. The Balaban J connectivity index is 2.08. The summed E-state index contributed by atoms with van der Waals surface area (Å²) in [7, 11) is -3.57. The topological polar surface area (TPSA) is 74.8 Å². The summed E-state index contributed by atoms with van der Waals surface area (Å²) in [4.78, 5) is 6.90. The second kappa shape index (κ2) is 6.84. The molecule has 0 amide bonds. The van der Waals surface area contributed by atoms with Crippen LogP contribution in [0.1, 0.15) is 45.5 Å². The van der Waals surface area contributed by atoms with Gasteiger partial charge in [0.1, 0.15) is 5.82 Å². The number of hydrogen-bond donors (Lipinski definition) is 2. The number of aromatic nitrogens is 2. The van der Waals surface area contributed by atoms with Gasteiger partial charge in [-0.15, -0.1) is 0 Å².